The lowest BCUT2D eigenvalue weighted by atomic mass is 9.90. The second kappa shape index (κ2) is 13.5. The number of carbonyl (C=O) groups excluding carboxylic acids is 3. The first-order valence-corrected chi connectivity index (χ1v) is 18.9. The van der Waals surface area contributed by atoms with E-state index >= 15 is 0 Å². The first kappa shape index (κ1) is 32.5. The maximum Gasteiger partial charge on any atom is 0.240 e. The number of hydrogen-bond acceptors (Lipinski definition) is 7. The predicted octanol–water partition coefficient (Wildman–Crippen LogP) is 5.54. The van der Waals surface area contributed by atoms with Crippen LogP contribution in [0.3, 0.4) is 0 Å². The van der Waals surface area contributed by atoms with Crippen LogP contribution in [-0.4, -0.2) is 59.8 Å². The number of hydrogen-bond donors (Lipinski definition) is 1. The van der Waals surface area contributed by atoms with Crippen molar-refractivity contribution in [1.29, 1.82) is 0 Å². The summed E-state index contributed by atoms with van der Waals surface area (Å²) in [4.78, 5) is 48.9. The van der Waals surface area contributed by atoms with Crippen molar-refractivity contribution in [2.75, 3.05) is 6.54 Å². The Morgan fingerprint density at radius 2 is 1.75 bits per heavy atom. The van der Waals surface area contributed by atoms with E-state index in [1.807, 2.05) is 66.7 Å². The lowest BCUT2D eigenvalue weighted by Crippen LogP contribution is -2.46. The Morgan fingerprint density at radius 3 is 2.56 bits per heavy atom. The molecular weight excluding hydrogens is 627 g/mol. The Kier molecular flexibility index (Phi) is 9.11. The fourth-order valence-corrected chi connectivity index (χ4v) is 8.89. The van der Waals surface area contributed by atoms with E-state index in [1.165, 1.54) is 0 Å². The maximum absolute atomic E-state index is 14.5. The minimum atomic E-state index is -3.78. The Morgan fingerprint density at radius 1 is 0.958 bits per heavy atom. The van der Waals surface area contributed by atoms with Crippen molar-refractivity contribution in [3.05, 3.63) is 84.4 Å². The average molecular weight is 670 g/mol. The number of pyridine rings is 1. The normalized spacial score (nSPS) is 28.9. The number of sulfonamides is 1. The Hall–Kier alpha value is -4.05. The van der Waals surface area contributed by atoms with Gasteiger partial charge in [-0.15, -0.1) is 0 Å². The average Bonchev–Trinajstić information content (AvgIpc) is 4.01. The predicted molar refractivity (Wildman–Crippen MR) is 182 cm³/mol. The fourth-order valence-electron chi connectivity index (χ4n) is 7.50. The topological polar surface area (TPSA) is 123 Å². The molecule has 2 saturated carbocycles. The van der Waals surface area contributed by atoms with Crippen LogP contribution >= 0.6 is 0 Å². The monoisotopic (exact) mass is 669 g/mol. The molecule has 2 aliphatic heterocycles. The van der Waals surface area contributed by atoms with E-state index in [-0.39, 0.29) is 42.9 Å². The van der Waals surface area contributed by atoms with E-state index in [9.17, 15) is 22.8 Å². The summed E-state index contributed by atoms with van der Waals surface area (Å²) in [6.07, 6.45) is 10.1. The summed E-state index contributed by atoms with van der Waals surface area (Å²) in [5.74, 6) is -1.03. The number of fused-ring (bicyclic) bond motifs is 3. The third-order valence-corrected chi connectivity index (χ3v) is 12.3. The molecule has 48 heavy (non-hydrogen) atoms. The standard InChI is InChI=1S/C38H43N3O6S/c42-34-24-38(37(44)40-48(45,46)31-18-19-31)23-29(38)15-8-3-1-2-7-14-28(21-26-11-5-4-6-12-26)36(43)41-25-30(22-33(34)41)47-35-20-17-27-13-9-10-16-32(27)39-35/h4-6,8-13,15-17,20,28-31,33H,1-3,7,14,18-19,21-25H2,(H,40,44)/b15-8-/t28-,29-,30-,33+,38-/m1/s1. The molecule has 0 spiro atoms. The quantitative estimate of drug-likeness (QED) is 0.328. The van der Waals surface area contributed by atoms with Crippen LogP contribution in [0.1, 0.15) is 69.8 Å². The molecule has 1 saturated heterocycles. The number of nitrogens with zero attached hydrogens (tertiary/aromatic N) is 2. The van der Waals surface area contributed by atoms with E-state index in [4.69, 9.17) is 4.74 Å². The molecule has 0 unspecified atom stereocenters. The zero-order chi connectivity index (χ0) is 33.3. The van der Waals surface area contributed by atoms with Crippen molar-refractivity contribution >= 4 is 38.5 Å². The van der Waals surface area contributed by atoms with Gasteiger partial charge in [0.05, 0.1) is 28.8 Å². The highest BCUT2D eigenvalue weighted by Crippen LogP contribution is 2.57. The Bertz CT molecular complexity index is 1820. The van der Waals surface area contributed by atoms with E-state index < -0.39 is 38.7 Å². The number of allylic oxidation sites excluding steroid dienone is 2. The summed E-state index contributed by atoms with van der Waals surface area (Å²) in [5.41, 5.74) is 0.715. The largest absolute Gasteiger partial charge is 0.472 e. The zero-order valence-electron chi connectivity index (χ0n) is 27.1. The summed E-state index contributed by atoms with van der Waals surface area (Å²) in [7, 11) is -3.78. The van der Waals surface area contributed by atoms with Gasteiger partial charge in [-0.2, -0.15) is 0 Å². The van der Waals surface area contributed by atoms with Gasteiger partial charge < -0.3 is 9.64 Å². The molecule has 4 aliphatic rings. The van der Waals surface area contributed by atoms with Gasteiger partial charge in [-0.25, -0.2) is 13.4 Å². The maximum atomic E-state index is 14.5. The number of nitrogens with one attached hydrogen (secondary N) is 1. The van der Waals surface area contributed by atoms with Crippen LogP contribution in [0.25, 0.3) is 10.9 Å². The number of amides is 2. The van der Waals surface area contributed by atoms with Gasteiger partial charge in [0.15, 0.2) is 5.78 Å². The molecule has 3 fully saturated rings. The van der Waals surface area contributed by atoms with Crippen molar-refractivity contribution in [2.45, 2.75) is 88.0 Å². The van der Waals surface area contributed by atoms with Crippen LogP contribution in [0.4, 0.5) is 0 Å². The van der Waals surface area contributed by atoms with E-state index in [1.54, 1.807) is 11.0 Å². The molecule has 3 aromatic rings. The molecule has 3 heterocycles. The second-order valence-corrected chi connectivity index (χ2v) is 16.0. The summed E-state index contributed by atoms with van der Waals surface area (Å²) >= 11 is 0. The van der Waals surface area contributed by atoms with E-state index in [2.05, 4.69) is 15.8 Å². The number of ketones is 1. The molecule has 5 atom stereocenters. The SMILES string of the molecule is O=C1C[C@]2(C(=O)NS(=O)(=O)C3CC3)C[C@H]2/C=C\CCCCC[C@H](Cc2ccccc2)C(=O)N2C[C@H](Oc3ccc4ccccc4n3)C[C@@H]12. The number of aromatic nitrogens is 1. The first-order chi connectivity index (χ1) is 23.2. The fraction of sp³-hybridized carbons (Fsp3) is 0.474. The third-order valence-electron chi connectivity index (χ3n) is 10.5. The highest BCUT2D eigenvalue weighted by atomic mass is 32.2. The van der Waals surface area contributed by atoms with Crippen molar-refractivity contribution in [2.24, 2.45) is 17.3 Å². The number of ether oxygens (including phenoxy) is 1. The minimum absolute atomic E-state index is 0.0788. The van der Waals surface area contributed by atoms with Gasteiger partial charge in [0.1, 0.15) is 6.10 Å². The third kappa shape index (κ3) is 7.04. The molecule has 0 bridgehead atoms. The minimum Gasteiger partial charge on any atom is -0.472 e. The van der Waals surface area contributed by atoms with Crippen LogP contribution in [0, 0.1) is 17.3 Å². The number of benzene rings is 2. The van der Waals surface area contributed by atoms with Crippen molar-refractivity contribution < 1.29 is 27.5 Å². The molecule has 1 aromatic heterocycles. The Labute approximate surface area is 282 Å². The summed E-state index contributed by atoms with van der Waals surface area (Å²) in [6.45, 7) is 0.230. The highest BCUT2D eigenvalue weighted by Gasteiger charge is 2.61. The van der Waals surface area contributed by atoms with Crippen molar-refractivity contribution in [3.63, 3.8) is 0 Å². The first-order valence-electron chi connectivity index (χ1n) is 17.3. The molecule has 2 aliphatic carbocycles. The lowest BCUT2D eigenvalue weighted by Gasteiger charge is -2.29. The van der Waals surface area contributed by atoms with Gasteiger partial charge in [-0.05, 0) is 68.6 Å². The molecule has 2 aromatic carbocycles. The van der Waals surface area contributed by atoms with Crippen LogP contribution in [-0.2, 0) is 30.8 Å². The van der Waals surface area contributed by atoms with Crippen LogP contribution < -0.4 is 9.46 Å². The molecule has 0 radical (unpaired) electrons. The number of carbonyl (C=O) groups is 3. The van der Waals surface area contributed by atoms with Crippen LogP contribution in [0.5, 0.6) is 5.88 Å². The zero-order valence-corrected chi connectivity index (χ0v) is 27.9. The second-order valence-electron chi connectivity index (χ2n) is 14.1. The Balaban J connectivity index is 1.18. The van der Waals surface area contributed by atoms with Crippen LogP contribution in [0.2, 0.25) is 0 Å². The van der Waals surface area contributed by atoms with Crippen molar-refractivity contribution in [1.82, 2.24) is 14.6 Å². The summed E-state index contributed by atoms with van der Waals surface area (Å²) < 4.78 is 34.3. The van der Waals surface area contributed by atoms with E-state index in [0.29, 0.717) is 38.0 Å². The van der Waals surface area contributed by atoms with Crippen molar-refractivity contribution in [3.8, 4) is 5.88 Å². The van der Waals surface area contributed by atoms with Gasteiger partial charge in [-0.3, -0.25) is 19.1 Å². The summed E-state index contributed by atoms with van der Waals surface area (Å²) in [6, 6.07) is 20.7. The van der Waals surface area contributed by atoms with E-state index in [0.717, 1.165) is 42.1 Å². The molecule has 7 rings (SSSR count). The smallest absolute Gasteiger partial charge is 0.240 e. The number of Topliss-reactive ketones (excluding diaryl/α,β-unsaturated/α-hetero) is 1. The highest BCUT2D eigenvalue weighted by molar-refractivity contribution is 7.90. The van der Waals surface area contributed by atoms with Gasteiger partial charge >= 0.3 is 0 Å². The lowest BCUT2D eigenvalue weighted by molar-refractivity contribution is -0.142. The molecule has 2 amide bonds. The number of rotatable bonds is 7. The van der Waals surface area contributed by atoms with Gasteiger partial charge in [0.2, 0.25) is 27.7 Å². The molecule has 252 valence electrons. The van der Waals surface area contributed by atoms with Crippen LogP contribution in [0.15, 0.2) is 78.9 Å². The molecule has 9 nitrogen and oxygen atoms in total. The molecule has 10 heteroatoms. The molecule has 1 N–H and O–H groups in total. The summed E-state index contributed by atoms with van der Waals surface area (Å²) in [5, 5.41) is 0.438. The van der Waals surface area contributed by atoms with Gasteiger partial charge in [0, 0.05) is 30.2 Å². The number of para-hydroxylation sites is 1. The van der Waals surface area contributed by atoms with Gasteiger partial charge in [0.25, 0.3) is 0 Å². The van der Waals surface area contributed by atoms with Gasteiger partial charge in [-0.1, -0.05) is 73.5 Å². The molecular formula is C38H43N3O6S.